The lowest BCUT2D eigenvalue weighted by molar-refractivity contribution is -0.139. The van der Waals surface area contributed by atoms with Gasteiger partial charge in [0.05, 0.1) is 12.4 Å². The molecule has 0 aliphatic heterocycles. The molecule has 0 fully saturated rings. The van der Waals surface area contributed by atoms with Gasteiger partial charge in [0.25, 0.3) is 20.2 Å². The number of benzene rings is 2. The number of hydrogen-bond acceptors (Lipinski definition) is 8. The molecule has 0 saturated heterocycles. The molecule has 0 heterocycles. The number of rotatable bonds is 6. The van der Waals surface area contributed by atoms with Gasteiger partial charge in [-0.25, -0.2) is 10.9 Å². The van der Waals surface area contributed by atoms with Gasteiger partial charge in [-0.1, -0.05) is 36.4 Å². The molecule has 0 aliphatic carbocycles. The fourth-order valence-corrected chi connectivity index (χ4v) is 3.40. The number of amides is 2. The van der Waals surface area contributed by atoms with Crippen LogP contribution in [0.15, 0.2) is 68.5 Å². The standard InChI is InChI=1S/C16H14N4O8S2/c21-15(19-17-9-11-5-1-3-7-13(11)29(23,24)25)16(22)20-18-10-12-6-2-4-8-14(12)30(26,27)28/h1-10H,(H,19,21)(H,20,22)(H,23,24,25)(H,26,27,28)/b17-9-,18-10-. The molecule has 4 N–H and O–H groups in total. The van der Waals surface area contributed by atoms with Crippen molar-refractivity contribution in [3.63, 3.8) is 0 Å². The first kappa shape index (κ1) is 22.8. The van der Waals surface area contributed by atoms with E-state index in [0.29, 0.717) is 0 Å². The molecule has 2 rings (SSSR count). The molecule has 30 heavy (non-hydrogen) atoms. The van der Waals surface area contributed by atoms with Crippen molar-refractivity contribution in [2.75, 3.05) is 0 Å². The Morgan fingerprint density at radius 1 is 0.700 bits per heavy atom. The van der Waals surface area contributed by atoms with Crippen molar-refractivity contribution >= 4 is 44.5 Å². The lowest BCUT2D eigenvalue weighted by Gasteiger charge is -2.02. The van der Waals surface area contributed by atoms with Crippen LogP contribution in [0.25, 0.3) is 0 Å². The average molecular weight is 454 g/mol. The van der Waals surface area contributed by atoms with E-state index in [-0.39, 0.29) is 11.1 Å². The van der Waals surface area contributed by atoms with E-state index in [2.05, 4.69) is 10.2 Å². The zero-order chi connectivity index (χ0) is 22.4. The molecule has 0 unspecified atom stereocenters. The highest BCUT2D eigenvalue weighted by Gasteiger charge is 2.15. The summed E-state index contributed by atoms with van der Waals surface area (Å²) in [5, 5.41) is 6.85. The number of nitrogens with one attached hydrogen (secondary N) is 2. The van der Waals surface area contributed by atoms with Crippen molar-refractivity contribution in [1.82, 2.24) is 10.9 Å². The minimum absolute atomic E-state index is 0.0412. The van der Waals surface area contributed by atoms with Crippen molar-refractivity contribution in [2.24, 2.45) is 10.2 Å². The first-order valence-corrected chi connectivity index (χ1v) is 10.7. The Labute approximate surface area is 170 Å². The summed E-state index contributed by atoms with van der Waals surface area (Å²) in [6.07, 6.45) is 1.81. The van der Waals surface area contributed by atoms with E-state index in [4.69, 9.17) is 9.11 Å². The number of nitrogens with zero attached hydrogens (tertiary/aromatic N) is 2. The van der Waals surface area contributed by atoms with Gasteiger partial charge in [0.15, 0.2) is 0 Å². The highest BCUT2D eigenvalue weighted by Crippen LogP contribution is 2.13. The predicted molar refractivity (Wildman–Crippen MR) is 104 cm³/mol. The van der Waals surface area contributed by atoms with Crippen LogP contribution in [-0.2, 0) is 29.8 Å². The van der Waals surface area contributed by atoms with Crippen molar-refractivity contribution in [1.29, 1.82) is 0 Å². The van der Waals surface area contributed by atoms with Gasteiger partial charge in [-0.15, -0.1) is 0 Å². The van der Waals surface area contributed by atoms with Crippen molar-refractivity contribution in [3.8, 4) is 0 Å². The fraction of sp³-hybridized carbons (Fsp3) is 0. The average Bonchev–Trinajstić information content (AvgIpc) is 2.67. The normalized spacial score (nSPS) is 12.2. The Kier molecular flexibility index (Phi) is 7.12. The van der Waals surface area contributed by atoms with E-state index in [1.807, 2.05) is 10.9 Å². The molecule has 0 saturated carbocycles. The summed E-state index contributed by atoms with van der Waals surface area (Å²) in [5.74, 6) is -2.54. The maximum atomic E-state index is 11.7. The quantitative estimate of drug-likeness (QED) is 0.199. The van der Waals surface area contributed by atoms with Gasteiger partial charge in [-0.05, 0) is 12.1 Å². The Morgan fingerprint density at radius 2 is 1.03 bits per heavy atom. The third-order valence-corrected chi connectivity index (χ3v) is 5.19. The first-order valence-electron chi connectivity index (χ1n) is 7.79. The van der Waals surface area contributed by atoms with Crippen LogP contribution in [0.3, 0.4) is 0 Å². The Morgan fingerprint density at radius 3 is 1.37 bits per heavy atom. The number of hydrazone groups is 2. The zero-order valence-electron chi connectivity index (χ0n) is 14.8. The highest BCUT2D eigenvalue weighted by atomic mass is 32.2. The molecule has 2 aromatic rings. The maximum absolute atomic E-state index is 11.7. The molecule has 0 atom stereocenters. The van der Waals surface area contributed by atoms with Gasteiger partial charge < -0.3 is 0 Å². The van der Waals surface area contributed by atoms with Crippen LogP contribution in [0.2, 0.25) is 0 Å². The molecule has 0 radical (unpaired) electrons. The third kappa shape index (κ3) is 6.28. The van der Waals surface area contributed by atoms with E-state index in [1.165, 1.54) is 36.4 Å². The van der Waals surface area contributed by atoms with E-state index < -0.39 is 41.8 Å². The van der Waals surface area contributed by atoms with Gasteiger partial charge in [-0.3, -0.25) is 18.7 Å². The molecule has 2 aromatic carbocycles. The second kappa shape index (κ2) is 9.36. The molecule has 12 nitrogen and oxygen atoms in total. The minimum Gasteiger partial charge on any atom is -0.282 e. The predicted octanol–water partition coefficient (Wildman–Crippen LogP) is -0.220. The van der Waals surface area contributed by atoms with Gasteiger partial charge in [0.2, 0.25) is 0 Å². The van der Waals surface area contributed by atoms with E-state index in [0.717, 1.165) is 24.6 Å². The molecule has 158 valence electrons. The fourth-order valence-electron chi connectivity index (χ4n) is 2.07. The topological polar surface area (TPSA) is 192 Å². The third-order valence-electron chi connectivity index (χ3n) is 3.34. The molecular formula is C16H14N4O8S2. The van der Waals surface area contributed by atoms with Crippen molar-refractivity contribution in [2.45, 2.75) is 9.79 Å². The smallest absolute Gasteiger partial charge is 0.282 e. The monoisotopic (exact) mass is 454 g/mol. The van der Waals surface area contributed by atoms with Crippen LogP contribution in [0.5, 0.6) is 0 Å². The molecule has 14 heteroatoms. The summed E-state index contributed by atoms with van der Waals surface area (Å²) in [7, 11) is -9.03. The first-order chi connectivity index (χ1) is 14.0. The second-order valence-corrected chi connectivity index (χ2v) is 8.20. The SMILES string of the molecule is O=C(N/N=C\c1ccccc1S(=O)(=O)O)C(=O)N/N=C\c1ccccc1S(=O)(=O)O. The Bertz CT molecular complexity index is 1140. The van der Waals surface area contributed by atoms with Crippen LogP contribution in [0.4, 0.5) is 0 Å². The molecule has 0 aliphatic rings. The van der Waals surface area contributed by atoms with Gasteiger partial charge in [0, 0.05) is 11.1 Å². The van der Waals surface area contributed by atoms with Crippen molar-refractivity contribution in [3.05, 3.63) is 59.7 Å². The zero-order valence-corrected chi connectivity index (χ0v) is 16.5. The van der Waals surface area contributed by atoms with Gasteiger partial charge >= 0.3 is 11.8 Å². The Hall–Kier alpha value is -3.46. The Balaban J connectivity index is 2.01. The number of carbonyl (C=O) groups excluding carboxylic acids is 2. The maximum Gasteiger partial charge on any atom is 0.331 e. The van der Waals surface area contributed by atoms with Crippen LogP contribution >= 0.6 is 0 Å². The molecule has 2 amide bonds. The highest BCUT2D eigenvalue weighted by molar-refractivity contribution is 7.86. The summed E-state index contributed by atoms with van der Waals surface area (Å²) in [6.45, 7) is 0. The van der Waals surface area contributed by atoms with Crippen LogP contribution in [0, 0.1) is 0 Å². The summed E-state index contributed by atoms with van der Waals surface area (Å²) in [4.78, 5) is 22.4. The van der Waals surface area contributed by atoms with E-state index >= 15 is 0 Å². The molecule has 0 aromatic heterocycles. The molecule has 0 spiro atoms. The lowest BCUT2D eigenvalue weighted by Crippen LogP contribution is -2.35. The second-order valence-electron chi connectivity index (χ2n) is 5.42. The molecule has 0 bridgehead atoms. The summed E-state index contributed by atoms with van der Waals surface area (Å²) < 4.78 is 63.2. The van der Waals surface area contributed by atoms with Crippen LogP contribution in [-0.4, -0.2) is 50.2 Å². The largest absolute Gasteiger partial charge is 0.331 e. The van der Waals surface area contributed by atoms with Crippen LogP contribution < -0.4 is 10.9 Å². The number of carbonyl (C=O) groups is 2. The minimum atomic E-state index is -4.52. The summed E-state index contributed by atoms with van der Waals surface area (Å²) in [5.41, 5.74) is 3.57. The molecular weight excluding hydrogens is 440 g/mol. The van der Waals surface area contributed by atoms with Gasteiger partial charge in [0.1, 0.15) is 9.79 Å². The van der Waals surface area contributed by atoms with Crippen LogP contribution in [0.1, 0.15) is 11.1 Å². The lowest BCUT2D eigenvalue weighted by atomic mass is 10.2. The summed E-state index contributed by atoms with van der Waals surface area (Å²) >= 11 is 0. The summed E-state index contributed by atoms with van der Waals surface area (Å²) in [6, 6.07) is 10.5. The van der Waals surface area contributed by atoms with E-state index in [9.17, 15) is 26.4 Å². The van der Waals surface area contributed by atoms with E-state index in [1.54, 1.807) is 0 Å². The van der Waals surface area contributed by atoms with Crippen molar-refractivity contribution < 1.29 is 35.5 Å². The number of hydrogen-bond donors (Lipinski definition) is 4. The van der Waals surface area contributed by atoms with Gasteiger partial charge in [-0.2, -0.15) is 27.0 Å².